The quantitative estimate of drug-likeness (QED) is 0.616. The van der Waals surface area contributed by atoms with E-state index in [0.29, 0.717) is 11.4 Å². The maximum Gasteiger partial charge on any atom is 0.265 e. The van der Waals surface area contributed by atoms with E-state index < -0.39 is 0 Å². The summed E-state index contributed by atoms with van der Waals surface area (Å²) in [5.41, 5.74) is 2.98. The molecule has 28 heavy (non-hydrogen) atoms. The normalized spacial score (nSPS) is 15.8. The third kappa shape index (κ3) is 3.64. The van der Waals surface area contributed by atoms with Crippen molar-refractivity contribution in [2.45, 2.75) is 20.0 Å². The molecule has 1 aliphatic heterocycles. The second kappa shape index (κ2) is 7.93. The Labute approximate surface area is 173 Å². The molecule has 3 aromatic rings. The fourth-order valence-corrected chi connectivity index (χ4v) is 5.21. The smallest absolute Gasteiger partial charge is 0.265 e. The molecule has 1 aromatic carbocycles. The molecule has 0 N–H and O–H groups in total. The van der Waals surface area contributed by atoms with Crippen LogP contribution in [0, 0.1) is 6.92 Å². The molecule has 146 valence electrons. The van der Waals surface area contributed by atoms with E-state index in [1.807, 2.05) is 43.6 Å². The molecule has 7 heteroatoms. The van der Waals surface area contributed by atoms with Crippen molar-refractivity contribution in [3.8, 4) is 16.3 Å². The number of hydrogen-bond acceptors (Lipinski definition) is 6. The number of ether oxygens (including phenoxy) is 1. The number of para-hydroxylation sites is 2. The summed E-state index contributed by atoms with van der Waals surface area (Å²) in [6.07, 6.45) is -0.0617. The van der Waals surface area contributed by atoms with Gasteiger partial charge in [-0.3, -0.25) is 4.79 Å². The molecule has 0 saturated heterocycles. The molecule has 1 atom stereocenters. The minimum atomic E-state index is -0.0617. The number of fused-ring (bicyclic) bond motifs is 1. The number of thiazole rings is 1. The maximum absolute atomic E-state index is 13.0. The van der Waals surface area contributed by atoms with Gasteiger partial charge in [0.2, 0.25) is 0 Å². The molecule has 2 aromatic heterocycles. The highest BCUT2D eigenvalue weighted by Crippen LogP contribution is 2.33. The van der Waals surface area contributed by atoms with Crippen LogP contribution in [0.15, 0.2) is 41.1 Å². The summed E-state index contributed by atoms with van der Waals surface area (Å²) in [6, 6.07) is 10.1. The molecule has 0 aliphatic carbocycles. The van der Waals surface area contributed by atoms with Crippen molar-refractivity contribution in [1.29, 1.82) is 0 Å². The lowest BCUT2D eigenvalue weighted by Gasteiger charge is -2.37. The van der Waals surface area contributed by atoms with Crippen molar-refractivity contribution in [1.82, 2.24) is 9.88 Å². The number of carbonyl (C=O) groups excluding carboxylic acids is 1. The summed E-state index contributed by atoms with van der Waals surface area (Å²) >= 11 is 3.10. The number of nitrogens with zero attached hydrogens (tertiary/aromatic N) is 3. The van der Waals surface area contributed by atoms with Gasteiger partial charge in [-0.1, -0.05) is 12.1 Å². The number of thiophene rings is 1. The highest BCUT2D eigenvalue weighted by molar-refractivity contribution is 7.17. The Bertz CT molecular complexity index is 968. The standard InChI is InChI=1S/C21H23N3O2S2/c1-4-24-12-16(26-18-8-6-5-7-17(18)24)11-23(3)21(25)19-14(2)22-20(28-19)15-9-10-27-13-15/h5-10,13,16H,4,11-12H2,1-3H3/t16-/m1/s1. The van der Waals surface area contributed by atoms with Gasteiger partial charge in [0.1, 0.15) is 21.7 Å². The Balaban J connectivity index is 1.48. The van der Waals surface area contributed by atoms with Gasteiger partial charge in [0.15, 0.2) is 0 Å². The van der Waals surface area contributed by atoms with Gasteiger partial charge in [-0.05, 0) is 37.4 Å². The lowest BCUT2D eigenvalue weighted by molar-refractivity contribution is 0.0713. The average Bonchev–Trinajstić information content (AvgIpc) is 3.36. The van der Waals surface area contributed by atoms with E-state index in [1.165, 1.54) is 11.3 Å². The molecule has 0 spiro atoms. The Kier molecular flexibility index (Phi) is 5.37. The van der Waals surface area contributed by atoms with Crippen LogP contribution in [0.5, 0.6) is 5.75 Å². The number of likely N-dealkylation sites (N-methyl/N-ethyl adjacent to an activating group) is 2. The lowest BCUT2D eigenvalue weighted by atomic mass is 10.2. The van der Waals surface area contributed by atoms with E-state index in [9.17, 15) is 4.79 Å². The molecule has 0 fully saturated rings. The van der Waals surface area contributed by atoms with Crippen molar-refractivity contribution in [2.24, 2.45) is 0 Å². The van der Waals surface area contributed by atoms with E-state index in [4.69, 9.17) is 4.74 Å². The average molecular weight is 414 g/mol. The predicted octanol–water partition coefficient (Wildman–Crippen LogP) is 4.54. The molecule has 5 nitrogen and oxygen atoms in total. The Hall–Kier alpha value is -2.38. The SMILES string of the molecule is CCN1C[C@@H](CN(C)C(=O)c2sc(-c3ccsc3)nc2C)Oc2ccccc21. The van der Waals surface area contributed by atoms with Crippen molar-refractivity contribution < 1.29 is 9.53 Å². The van der Waals surface area contributed by atoms with Gasteiger partial charge in [-0.2, -0.15) is 11.3 Å². The highest BCUT2D eigenvalue weighted by atomic mass is 32.1. The molecule has 0 unspecified atom stereocenters. The fraction of sp³-hybridized carbons (Fsp3) is 0.333. The first kappa shape index (κ1) is 19.0. The van der Waals surface area contributed by atoms with Crippen LogP contribution < -0.4 is 9.64 Å². The number of rotatable bonds is 5. The third-order valence-corrected chi connectivity index (χ3v) is 6.77. The zero-order valence-corrected chi connectivity index (χ0v) is 17.8. The van der Waals surface area contributed by atoms with Crippen LogP contribution in [-0.4, -0.2) is 48.6 Å². The summed E-state index contributed by atoms with van der Waals surface area (Å²) in [5, 5.41) is 4.98. The number of aryl methyl sites for hydroxylation is 1. The van der Waals surface area contributed by atoms with Crippen LogP contribution in [0.3, 0.4) is 0 Å². The van der Waals surface area contributed by atoms with Crippen LogP contribution in [-0.2, 0) is 0 Å². The van der Waals surface area contributed by atoms with Gasteiger partial charge >= 0.3 is 0 Å². The summed E-state index contributed by atoms with van der Waals surface area (Å²) in [5.74, 6) is 0.886. The zero-order valence-electron chi connectivity index (χ0n) is 16.2. The number of anilines is 1. The molecule has 0 saturated carbocycles. The van der Waals surface area contributed by atoms with Crippen molar-refractivity contribution in [2.75, 3.05) is 31.6 Å². The topological polar surface area (TPSA) is 45.7 Å². The van der Waals surface area contributed by atoms with Crippen LogP contribution >= 0.6 is 22.7 Å². The molecular formula is C21H23N3O2S2. The number of carbonyl (C=O) groups is 1. The first-order valence-corrected chi connectivity index (χ1v) is 11.1. The van der Waals surface area contributed by atoms with Crippen LogP contribution in [0.2, 0.25) is 0 Å². The maximum atomic E-state index is 13.0. The number of aromatic nitrogens is 1. The van der Waals surface area contributed by atoms with E-state index >= 15 is 0 Å². The summed E-state index contributed by atoms with van der Waals surface area (Å²) < 4.78 is 6.17. The second-order valence-electron chi connectivity index (χ2n) is 6.88. The highest BCUT2D eigenvalue weighted by Gasteiger charge is 2.28. The molecule has 1 amide bonds. The number of hydrogen-bond donors (Lipinski definition) is 0. The first-order valence-electron chi connectivity index (χ1n) is 9.33. The van der Waals surface area contributed by atoms with Gasteiger partial charge in [-0.15, -0.1) is 11.3 Å². The Morgan fingerprint density at radius 2 is 2.18 bits per heavy atom. The van der Waals surface area contributed by atoms with Crippen LogP contribution in [0.25, 0.3) is 10.6 Å². The van der Waals surface area contributed by atoms with E-state index in [-0.39, 0.29) is 12.0 Å². The van der Waals surface area contributed by atoms with Gasteiger partial charge in [-0.25, -0.2) is 4.98 Å². The van der Waals surface area contributed by atoms with Gasteiger partial charge < -0.3 is 14.5 Å². The number of amides is 1. The fourth-order valence-electron chi connectivity index (χ4n) is 3.44. The summed E-state index contributed by atoms with van der Waals surface area (Å²) in [6.45, 7) is 6.26. The Morgan fingerprint density at radius 1 is 1.36 bits per heavy atom. The molecule has 0 radical (unpaired) electrons. The minimum absolute atomic E-state index is 0.00184. The first-order chi connectivity index (χ1) is 13.6. The van der Waals surface area contributed by atoms with E-state index in [1.54, 1.807) is 16.2 Å². The van der Waals surface area contributed by atoms with E-state index in [2.05, 4.69) is 28.3 Å². The van der Waals surface area contributed by atoms with Crippen LogP contribution in [0.1, 0.15) is 22.3 Å². The third-order valence-electron chi connectivity index (χ3n) is 4.89. The van der Waals surface area contributed by atoms with Crippen molar-refractivity contribution >= 4 is 34.3 Å². The minimum Gasteiger partial charge on any atom is -0.485 e. The lowest BCUT2D eigenvalue weighted by Crippen LogP contribution is -2.46. The Morgan fingerprint density at radius 3 is 2.93 bits per heavy atom. The molecule has 1 aliphatic rings. The van der Waals surface area contributed by atoms with Crippen molar-refractivity contribution in [3.05, 3.63) is 51.7 Å². The van der Waals surface area contributed by atoms with Crippen molar-refractivity contribution in [3.63, 3.8) is 0 Å². The van der Waals surface area contributed by atoms with E-state index in [0.717, 1.165) is 40.8 Å². The van der Waals surface area contributed by atoms with Gasteiger partial charge in [0.25, 0.3) is 5.91 Å². The molecule has 3 heterocycles. The van der Waals surface area contributed by atoms with Gasteiger partial charge in [0, 0.05) is 24.5 Å². The van der Waals surface area contributed by atoms with Crippen LogP contribution in [0.4, 0.5) is 5.69 Å². The largest absolute Gasteiger partial charge is 0.485 e. The number of benzene rings is 1. The zero-order chi connectivity index (χ0) is 19.7. The molecule has 0 bridgehead atoms. The molecular weight excluding hydrogens is 390 g/mol. The monoisotopic (exact) mass is 413 g/mol. The summed E-state index contributed by atoms with van der Waals surface area (Å²) in [4.78, 5) is 22.4. The summed E-state index contributed by atoms with van der Waals surface area (Å²) in [7, 11) is 1.84. The predicted molar refractivity (Wildman–Crippen MR) is 116 cm³/mol. The molecule has 4 rings (SSSR count). The second-order valence-corrected chi connectivity index (χ2v) is 8.66. The van der Waals surface area contributed by atoms with Gasteiger partial charge in [0.05, 0.1) is 24.5 Å².